The Hall–Kier alpha value is -2.18. The molecular weight excluding hydrogens is 406 g/mol. The fraction of sp³-hybridized carbons (Fsp3) is 0.167. The second-order valence-electron chi connectivity index (χ2n) is 5.26. The Morgan fingerprint density at radius 3 is 2.84 bits per heavy atom. The summed E-state index contributed by atoms with van der Waals surface area (Å²) in [4.78, 5) is 20.7. The Morgan fingerprint density at radius 2 is 2.08 bits per heavy atom. The van der Waals surface area contributed by atoms with Gasteiger partial charge in [0.05, 0.1) is 12.1 Å². The van der Waals surface area contributed by atoms with Crippen molar-refractivity contribution < 1.29 is 9.53 Å². The molecule has 5 nitrogen and oxygen atoms in total. The molecule has 3 aromatic rings. The smallest absolute Gasteiger partial charge is 0.376 e. The molecule has 0 bridgehead atoms. The molecule has 0 saturated carbocycles. The number of carbonyl (C=O) groups is 1. The van der Waals surface area contributed by atoms with Crippen LogP contribution in [-0.4, -0.2) is 22.5 Å². The fourth-order valence-corrected chi connectivity index (χ4v) is 2.93. The normalized spacial score (nSPS) is 10.7. The van der Waals surface area contributed by atoms with Crippen LogP contribution in [0.4, 0.5) is 5.82 Å². The monoisotopic (exact) mass is 419 g/mol. The molecule has 3 rings (SSSR count). The van der Waals surface area contributed by atoms with Gasteiger partial charge in [0.2, 0.25) is 5.82 Å². The summed E-state index contributed by atoms with van der Waals surface area (Å²) in [7, 11) is 0. The molecule has 0 saturated heterocycles. The van der Waals surface area contributed by atoms with Gasteiger partial charge in [0.25, 0.3) is 0 Å². The van der Waals surface area contributed by atoms with Crippen molar-refractivity contribution in [2.75, 3.05) is 11.9 Å². The molecule has 0 unspecified atom stereocenters. The number of hydrogen-bond donors (Lipinski definition) is 1. The topological polar surface area (TPSA) is 64.1 Å². The maximum atomic E-state index is 12.0. The van der Waals surface area contributed by atoms with E-state index in [9.17, 15) is 4.79 Å². The molecule has 0 aliphatic heterocycles. The van der Waals surface area contributed by atoms with Crippen LogP contribution in [0.5, 0.6) is 0 Å². The number of hydrogen-bond acceptors (Lipinski definition) is 5. The lowest BCUT2D eigenvalue weighted by Crippen LogP contribution is -2.12. The van der Waals surface area contributed by atoms with Gasteiger partial charge < -0.3 is 10.1 Å². The first-order chi connectivity index (χ1) is 12.1. The molecule has 0 spiro atoms. The van der Waals surface area contributed by atoms with Crippen LogP contribution in [0.2, 0.25) is 5.02 Å². The number of carbonyl (C=O) groups excluding carboxylic acids is 1. The Balaban J connectivity index is 1.98. The van der Waals surface area contributed by atoms with Crippen LogP contribution in [0.15, 0.2) is 46.9 Å². The van der Waals surface area contributed by atoms with E-state index in [1.807, 2.05) is 42.5 Å². The molecule has 128 valence electrons. The van der Waals surface area contributed by atoms with Crippen molar-refractivity contribution in [2.24, 2.45) is 0 Å². The summed E-state index contributed by atoms with van der Waals surface area (Å²) in [5.41, 5.74) is 1.67. The van der Waals surface area contributed by atoms with Crippen LogP contribution in [0, 0.1) is 0 Å². The van der Waals surface area contributed by atoms with Crippen molar-refractivity contribution in [3.8, 4) is 0 Å². The molecule has 25 heavy (non-hydrogen) atoms. The van der Waals surface area contributed by atoms with E-state index in [4.69, 9.17) is 16.3 Å². The van der Waals surface area contributed by atoms with E-state index < -0.39 is 5.97 Å². The van der Waals surface area contributed by atoms with Gasteiger partial charge in [0.1, 0.15) is 5.82 Å². The van der Waals surface area contributed by atoms with E-state index in [0.29, 0.717) is 22.9 Å². The first-order valence-electron chi connectivity index (χ1n) is 7.69. The Labute approximate surface area is 158 Å². The number of aromatic nitrogens is 2. The van der Waals surface area contributed by atoms with Gasteiger partial charge in [0, 0.05) is 21.4 Å². The first kappa shape index (κ1) is 17.6. The van der Waals surface area contributed by atoms with E-state index in [-0.39, 0.29) is 12.4 Å². The number of nitrogens with zero attached hydrogens (tertiary/aromatic N) is 2. The van der Waals surface area contributed by atoms with Crippen LogP contribution in [0.1, 0.15) is 23.1 Å². The quantitative estimate of drug-likeness (QED) is 0.599. The summed E-state index contributed by atoms with van der Waals surface area (Å²) in [5.74, 6) is 0.0534. The molecule has 2 aromatic carbocycles. The first-order valence-corrected chi connectivity index (χ1v) is 8.86. The number of esters is 1. The summed E-state index contributed by atoms with van der Waals surface area (Å²) < 4.78 is 5.92. The third kappa shape index (κ3) is 4.27. The van der Waals surface area contributed by atoms with Crippen LogP contribution in [0.3, 0.4) is 0 Å². The number of fused-ring (bicyclic) bond motifs is 1. The van der Waals surface area contributed by atoms with E-state index in [1.165, 1.54) is 0 Å². The number of ether oxygens (including phenoxy) is 1. The highest BCUT2D eigenvalue weighted by Gasteiger charge is 2.15. The zero-order valence-electron chi connectivity index (χ0n) is 13.4. The molecule has 0 radical (unpaired) electrons. The summed E-state index contributed by atoms with van der Waals surface area (Å²) >= 11 is 9.48. The minimum Gasteiger partial charge on any atom is -0.460 e. The van der Waals surface area contributed by atoms with Crippen molar-refractivity contribution in [1.29, 1.82) is 0 Å². The predicted molar refractivity (Wildman–Crippen MR) is 102 cm³/mol. The SMILES string of the molecule is CCOC(=O)c1nc(NCc2cccc(Cl)c2)c2cc(Br)ccc2n1. The second-order valence-corrected chi connectivity index (χ2v) is 6.61. The molecule has 0 aliphatic rings. The molecule has 0 amide bonds. The van der Waals surface area contributed by atoms with Crippen molar-refractivity contribution in [1.82, 2.24) is 9.97 Å². The molecular formula is C18H15BrClN3O2. The van der Waals surface area contributed by atoms with Crippen molar-refractivity contribution in [3.05, 3.63) is 63.3 Å². The van der Waals surface area contributed by atoms with Gasteiger partial charge in [-0.3, -0.25) is 0 Å². The third-order valence-corrected chi connectivity index (χ3v) is 4.19. The minimum atomic E-state index is -0.543. The van der Waals surface area contributed by atoms with Crippen LogP contribution < -0.4 is 5.32 Å². The summed E-state index contributed by atoms with van der Waals surface area (Å²) in [6.07, 6.45) is 0. The largest absolute Gasteiger partial charge is 0.460 e. The third-order valence-electron chi connectivity index (χ3n) is 3.46. The van der Waals surface area contributed by atoms with Gasteiger partial charge in [-0.25, -0.2) is 14.8 Å². The van der Waals surface area contributed by atoms with Crippen LogP contribution in [0.25, 0.3) is 10.9 Å². The van der Waals surface area contributed by atoms with Crippen LogP contribution >= 0.6 is 27.5 Å². The Kier molecular flexibility index (Phi) is 5.50. The standard InChI is InChI=1S/C18H15BrClN3O2/c1-2-25-18(24)17-22-15-7-6-12(19)9-14(15)16(23-17)21-10-11-4-3-5-13(20)8-11/h3-9H,2,10H2,1H3,(H,21,22,23). The summed E-state index contributed by atoms with van der Waals surface area (Å²) in [6, 6.07) is 13.1. The van der Waals surface area contributed by atoms with Crippen molar-refractivity contribution in [2.45, 2.75) is 13.5 Å². The van der Waals surface area contributed by atoms with Crippen molar-refractivity contribution in [3.63, 3.8) is 0 Å². The van der Waals surface area contributed by atoms with E-state index in [2.05, 4.69) is 31.2 Å². The molecule has 0 fully saturated rings. The lowest BCUT2D eigenvalue weighted by molar-refractivity contribution is 0.0512. The lowest BCUT2D eigenvalue weighted by Gasteiger charge is -2.11. The number of anilines is 1. The highest BCUT2D eigenvalue weighted by molar-refractivity contribution is 9.10. The number of rotatable bonds is 5. The second kappa shape index (κ2) is 7.80. The predicted octanol–water partition coefficient (Wildman–Crippen LogP) is 4.83. The van der Waals surface area contributed by atoms with E-state index in [1.54, 1.807) is 6.92 Å². The van der Waals surface area contributed by atoms with Gasteiger partial charge in [-0.15, -0.1) is 0 Å². The summed E-state index contributed by atoms with van der Waals surface area (Å²) in [6.45, 7) is 2.53. The van der Waals surface area contributed by atoms with Gasteiger partial charge in [-0.2, -0.15) is 0 Å². The fourth-order valence-electron chi connectivity index (χ4n) is 2.36. The van der Waals surface area contributed by atoms with E-state index >= 15 is 0 Å². The highest BCUT2D eigenvalue weighted by Crippen LogP contribution is 2.25. The average molecular weight is 421 g/mol. The lowest BCUT2D eigenvalue weighted by atomic mass is 10.2. The zero-order valence-corrected chi connectivity index (χ0v) is 15.8. The molecule has 7 heteroatoms. The number of benzene rings is 2. The highest BCUT2D eigenvalue weighted by atomic mass is 79.9. The maximum Gasteiger partial charge on any atom is 0.376 e. The van der Waals surface area contributed by atoms with Gasteiger partial charge in [-0.05, 0) is 42.8 Å². The van der Waals surface area contributed by atoms with E-state index in [0.717, 1.165) is 15.4 Å². The molecule has 0 aliphatic carbocycles. The average Bonchev–Trinajstić information content (AvgIpc) is 2.60. The molecule has 1 heterocycles. The molecule has 1 aromatic heterocycles. The Morgan fingerprint density at radius 1 is 1.24 bits per heavy atom. The molecule has 0 atom stereocenters. The maximum absolute atomic E-state index is 12.0. The molecule has 1 N–H and O–H groups in total. The minimum absolute atomic E-state index is 0.0327. The van der Waals surface area contributed by atoms with Gasteiger partial charge in [0.15, 0.2) is 0 Å². The number of halogens is 2. The number of nitrogens with one attached hydrogen (secondary N) is 1. The van der Waals surface area contributed by atoms with Gasteiger partial charge in [-0.1, -0.05) is 39.7 Å². The van der Waals surface area contributed by atoms with Crippen LogP contribution in [-0.2, 0) is 11.3 Å². The van der Waals surface area contributed by atoms with Gasteiger partial charge >= 0.3 is 5.97 Å². The summed E-state index contributed by atoms with van der Waals surface area (Å²) in [5, 5.41) is 4.74. The zero-order chi connectivity index (χ0) is 17.8. The Bertz CT molecular complexity index is 933. The van der Waals surface area contributed by atoms with Crippen molar-refractivity contribution >= 4 is 50.2 Å².